The molecule has 0 aliphatic carbocycles. The van der Waals surface area contributed by atoms with Gasteiger partial charge < -0.3 is 9.30 Å². The number of benzene rings is 2. The minimum atomic E-state index is -0.0382. The number of carbonyl (C=O) groups excluding carboxylic acids is 1. The molecule has 0 aliphatic heterocycles. The topological polar surface area (TPSA) is 31.2 Å². The van der Waals surface area contributed by atoms with Gasteiger partial charge in [-0.2, -0.15) is 0 Å². The van der Waals surface area contributed by atoms with Gasteiger partial charge in [0.25, 0.3) is 0 Å². The zero-order chi connectivity index (χ0) is 19.2. The summed E-state index contributed by atoms with van der Waals surface area (Å²) in [7, 11) is 0. The number of rotatable bonds is 9. The monoisotopic (exact) mass is 363 g/mol. The number of para-hydroxylation sites is 1. The number of ketones is 1. The maximum atomic E-state index is 13.3. The van der Waals surface area contributed by atoms with Crippen LogP contribution in [-0.2, 0) is 4.74 Å². The molecule has 3 heteroatoms. The molecular weight excluding hydrogens is 334 g/mol. The molecule has 27 heavy (non-hydrogen) atoms. The fraction of sp³-hybridized carbons (Fsp3) is 0.375. The molecule has 0 saturated carbocycles. The number of ether oxygens (including phenoxy) is 1. The highest BCUT2D eigenvalue weighted by molar-refractivity contribution is 6.17. The van der Waals surface area contributed by atoms with E-state index in [1.165, 1.54) is 12.8 Å². The largest absolute Gasteiger partial charge is 0.358 e. The zero-order valence-electron chi connectivity index (χ0n) is 16.6. The standard InChI is InChI=1S/C24H29NO2/c1-4-6-8-17-22(27-5-2)25-18(3)23(20-15-11-12-16-21(20)25)24(26)19-13-9-7-10-14-19/h7,9-16,22H,4-6,8,17H2,1-3H3. The third kappa shape index (κ3) is 3.98. The van der Waals surface area contributed by atoms with Crippen molar-refractivity contribution in [3.8, 4) is 0 Å². The van der Waals surface area contributed by atoms with E-state index in [0.717, 1.165) is 40.6 Å². The molecule has 0 bridgehead atoms. The minimum absolute atomic E-state index is 0.0382. The quantitative estimate of drug-likeness (QED) is 0.330. The molecule has 0 fully saturated rings. The molecule has 1 unspecified atom stereocenters. The number of aromatic nitrogens is 1. The molecular formula is C24H29NO2. The average Bonchev–Trinajstić information content (AvgIpc) is 2.99. The molecule has 3 rings (SSSR count). The molecule has 0 spiro atoms. The van der Waals surface area contributed by atoms with Crippen molar-refractivity contribution >= 4 is 16.7 Å². The van der Waals surface area contributed by atoms with E-state index in [2.05, 4.69) is 17.6 Å². The summed E-state index contributed by atoms with van der Waals surface area (Å²) >= 11 is 0. The van der Waals surface area contributed by atoms with Crippen molar-refractivity contribution in [2.24, 2.45) is 0 Å². The van der Waals surface area contributed by atoms with Gasteiger partial charge in [-0.05, 0) is 32.8 Å². The van der Waals surface area contributed by atoms with Crippen molar-refractivity contribution in [2.45, 2.75) is 52.7 Å². The normalized spacial score (nSPS) is 12.4. The van der Waals surface area contributed by atoms with Crippen LogP contribution in [0.2, 0.25) is 0 Å². The third-order valence-corrected chi connectivity index (χ3v) is 5.12. The number of carbonyl (C=O) groups is 1. The summed E-state index contributed by atoms with van der Waals surface area (Å²) in [5.41, 5.74) is 3.57. The molecule has 1 atom stereocenters. The Balaban J connectivity index is 2.11. The van der Waals surface area contributed by atoms with Gasteiger partial charge in [-0.3, -0.25) is 4.79 Å². The van der Waals surface area contributed by atoms with Gasteiger partial charge in [0.1, 0.15) is 6.23 Å². The Morgan fingerprint density at radius 1 is 1.00 bits per heavy atom. The Morgan fingerprint density at radius 2 is 1.70 bits per heavy atom. The van der Waals surface area contributed by atoms with Gasteiger partial charge in [0, 0.05) is 23.3 Å². The van der Waals surface area contributed by atoms with Crippen molar-refractivity contribution in [3.63, 3.8) is 0 Å². The summed E-state index contributed by atoms with van der Waals surface area (Å²) in [6, 6.07) is 17.7. The Bertz CT molecular complexity index is 895. The molecule has 2 aromatic carbocycles. The lowest BCUT2D eigenvalue weighted by Gasteiger charge is -2.22. The molecule has 3 nitrogen and oxygen atoms in total. The second-order valence-corrected chi connectivity index (χ2v) is 6.95. The van der Waals surface area contributed by atoms with E-state index in [0.29, 0.717) is 6.61 Å². The van der Waals surface area contributed by atoms with E-state index < -0.39 is 0 Å². The molecule has 1 heterocycles. The van der Waals surface area contributed by atoms with Gasteiger partial charge in [-0.1, -0.05) is 68.3 Å². The number of fused-ring (bicyclic) bond motifs is 1. The molecule has 0 saturated heterocycles. The average molecular weight is 364 g/mol. The molecule has 1 aromatic heterocycles. The molecule has 142 valence electrons. The fourth-order valence-electron chi connectivity index (χ4n) is 3.83. The second kappa shape index (κ2) is 9.01. The summed E-state index contributed by atoms with van der Waals surface area (Å²) in [5, 5.41) is 1.00. The lowest BCUT2D eigenvalue weighted by atomic mass is 10.0. The Kier molecular flexibility index (Phi) is 6.46. The maximum absolute atomic E-state index is 13.3. The first kappa shape index (κ1) is 19.4. The van der Waals surface area contributed by atoms with Crippen molar-refractivity contribution in [2.75, 3.05) is 6.61 Å². The number of unbranched alkanes of at least 4 members (excludes halogenated alkanes) is 2. The van der Waals surface area contributed by atoms with E-state index in [-0.39, 0.29) is 12.0 Å². The second-order valence-electron chi connectivity index (χ2n) is 6.95. The van der Waals surface area contributed by atoms with Gasteiger partial charge >= 0.3 is 0 Å². The zero-order valence-corrected chi connectivity index (χ0v) is 16.6. The summed E-state index contributed by atoms with van der Waals surface area (Å²) in [6.07, 6.45) is 4.42. The van der Waals surface area contributed by atoms with Gasteiger partial charge in [0.15, 0.2) is 5.78 Å². The van der Waals surface area contributed by atoms with Crippen LogP contribution in [0.15, 0.2) is 54.6 Å². The smallest absolute Gasteiger partial charge is 0.195 e. The lowest BCUT2D eigenvalue weighted by molar-refractivity contribution is 0.00437. The van der Waals surface area contributed by atoms with Crippen molar-refractivity contribution < 1.29 is 9.53 Å². The molecule has 0 amide bonds. The highest BCUT2D eigenvalue weighted by Crippen LogP contribution is 2.33. The Labute approximate surface area is 162 Å². The summed E-state index contributed by atoms with van der Waals surface area (Å²) in [4.78, 5) is 13.3. The van der Waals surface area contributed by atoms with Crippen LogP contribution in [0.25, 0.3) is 10.9 Å². The molecule has 0 aliphatic rings. The van der Waals surface area contributed by atoms with Crippen molar-refractivity contribution in [1.29, 1.82) is 0 Å². The first-order valence-electron chi connectivity index (χ1n) is 9.99. The highest BCUT2D eigenvalue weighted by atomic mass is 16.5. The van der Waals surface area contributed by atoms with Crippen LogP contribution in [0.1, 0.15) is 67.4 Å². The van der Waals surface area contributed by atoms with E-state index in [1.807, 2.05) is 62.4 Å². The Hall–Kier alpha value is -2.39. The van der Waals surface area contributed by atoms with E-state index in [4.69, 9.17) is 4.74 Å². The first-order chi connectivity index (χ1) is 13.2. The van der Waals surface area contributed by atoms with E-state index in [9.17, 15) is 4.79 Å². The first-order valence-corrected chi connectivity index (χ1v) is 9.99. The van der Waals surface area contributed by atoms with Gasteiger partial charge in [-0.15, -0.1) is 0 Å². The molecule has 3 aromatic rings. The van der Waals surface area contributed by atoms with Crippen LogP contribution >= 0.6 is 0 Å². The summed E-state index contributed by atoms with van der Waals surface area (Å²) in [5.74, 6) is 0.0758. The van der Waals surface area contributed by atoms with Gasteiger partial charge in [-0.25, -0.2) is 0 Å². The third-order valence-electron chi connectivity index (χ3n) is 5.12. The highest BCUT2D eigenvalue weighted by Gasteiger charge is 2.24. The number of hydrogen-bond acceptors (Lipinski definition) is 2. The van der Waals surface area contributed by atoms with Crippen LogP contribution in [-0.4, -0.2) is 17.0 Å². The van der Waals surface area contributed by atoms with Crippen LogP contribution in [0, 0.1) is 6.92 Å². The number of hydrogen-bond donors (Lipinski definition) is 0. The van der Waals surface area contributed by atoms with Gasteiger partial charge in [0.2, 0.25) is 0 Å². The van der Waals surface area contributed by atoms with E-state index >= 15 is 0 Å². The maximum Gasteiger partial charge on any atom is 0.195 e. The van der Waals surface area contributed by atoms with Crippen LogP contribution in [0.4, 0.5) is 0 Å². The predicted molar refractivity (Wildman–Crippen MR) is 111 cm³/mol. The van der Waals surface area contributed by atoms with Crippen LogP contribution < -0.4 is 0 Å². The predicted octanol–water partition coefficient (Wildman–Crippen LogP) is 6.30. The molecule has 0 N–H and O–H groups in total. The minimum Gasteiger partial charge on any atom is -0.358 e. The van der Waals surface area contributed by atoms with Crippen LogP contribution in [0.3, 0.4) is 0 Å². The fourth-order valence-corrected chi connectivity index (χ4v) is 3.83. The lowest BCUT2D eigenvalue weighted by Crippen LogP contribution is -2.15. The summed E-state index contributed by atoms with van der Waals surface area (Å²) in [6.45, 7) is 6.94. The van der Waals surface area contributed by atoms with Crippen molar-refractivity contribution in [3.05, 3.63) is 71.4 Å². The number of nitrogens with zero attached hydrogens (tertiary/aromatic N) is 1. The Morgan fingerprint density at radius 3 is 2.41 bits per heavy atom. The van der Waals surface area contributed by atoms with Crippen LogP contribution in [0.5, 0.6) is 0 Å². The van der Waals surface area contributed by atoms with E-state index in [1.54, 1.807) is 0 Å². The summed E-state index contributed by atoms with van der Waals surface area (Å²) < 4.78 is 8.34. The molecule has 0 radical (unpaired) electrons. The van der Waals surface area contributed by atoms with Crippen molar-refractivity contribution in [1.82, 2.24) is 4.57 Å². The van der Waals surface area contributed by atoms with Gasteiger partial charge in [0.05, 0.1) is 11.1 Å². The SMILES string of the molecule is CCCCCC(OCC)n1c(C)c(C(=O)c2ccccc2)c2ccccc21.